The molecule has 2 N–H and O–H groups in total. The average Bonchev–Trinajstić information content (AvgIpc) is 2.68. The molecule has 6 heteroatoms. The maximum atomic E-state index is 13.6. The molecule has 1 fully saturated rings. The Morgan fingerprint density at radius 3 is 2.69 bits per heavy atom. The zero-order valence-electron chi connectivity index (χ0n) is 14.6. The van der Waals surface area contributed by atoms with Crippen molar-refractivity contribution in [3.63, 3.8) is 0 Å². The van der Waals surface area contributed by atoms with Crippen LogP contribution in [-0.2, 0) is 4.79 Å². The summed E-state index contributed by atoms with van der Waals surface area (Å²) in [6.45, 7) is 3.39. The van der Waals surface area contributed by atoms with Gasteiger partial charge in [-0.2, -0.15) is 0 Å². The number of carbonyl (C=O) groups is 2. The second-order valence-electron chi connectivity index (χ2n) is 6.37. The summed E-state index contributed by atoms with van der Waals surface area (Å²) < 4.78 is 13.6. The molecule has 1 aliphatic rings. The van der Waals surface area contributed by atoms with Crippen molar-refractivity contribution in [2.45, 2.75) is 19.0 Å². The van der Waals surface area contributed by atoms with Crippen molar-refractivity contribution in [1.82, 2.24) is 15.5 Å². The van der Waals surface area contributed by atoms with Gasteiger partial charge in [-0.25, -0.2) is 4.39 Å². The zero-order valence-corrected chi connectivity index (χ0v) is 14.6. The molecule has 0 saturated carbocycles. The fourth-order valence-electron chi connectivity index (χ4n) is 3.16. The van der Waals surface area contributed by atoms with E-state index in [9.17, 15) is 14.0 Å². The Balaban J connectivity index is 1.72. The lowest BCUT2D eigenvalue weighted by Gasteiger charge is -2.38. The Bertz CT molecular complexity index is 782. The van der Waals surface area contributed by atoms with E-state index in [2.05, 4.69) is 10.6 Å². The highest BCUT2D eigenvalue weighted by Gasteiger charge is 2.31. The van der Waals surface area contributed by atoms with Gasteiger partial charge in [0, 0.05) is 25.2 Å². The van der Waals surface area contributed by atoms with Crippen molar-refractivity contribution in [2.75, 3.05) is 19.6 Å². The number of hydrogen-bond donors (Lipinski definition) is 2. The lowest BCUT2D eigenvalue weighted by Crippen LogP contribution is -2.54. The maximum absolute atomic E-state index is 13.6. The van der Waals surface area contributed by atoms with Crippen LogP contribution in [0.15, 0.2) is 54.6 Å². The van der Waals surface area contributed by atoms with E-state index in [4.69, 9.17) is 0 Å². The molecule has 0 aliphatic carbocycles. The quantitative estimate of drug-likeness (QED) is 0.883. The van der Waals surface area contributed by atoms with E-state index in [0.29, 0.717) is 25.2 Å². The summed E-state index contributed by atoms with van der Waals surface area (Å²) in [7, 11) is 0. The van der Waals surface area contributed by atoms with Gasteiger partial charge in [0.1, 0.15) is 11.9 Å². The standard InChI is InChI=1S/C20H22FN3O2/c1-14(23-19(25)15-6-3-2-4-7-15)20(26)24-11-10-22-13-18(24)16-8-5-9-17(21)12-16/h2-9,12,14,18,22H,10-11,13H2,1H3,(H,23,25). The van der Waals surface area contributed by atoms with Crippen LogP contribution in [0.1, 0.15) is 28.9 Å². The third-order valence-corrected chi connectivity index (χ3v) is 4.51. The first-order valence-electron chi connectivity index (χ1n) is 8.69. The number of piperazine rings is 1. The van der Waals surface area contributed by atoms with Gasteiger partial charge in [0.15, 0.2) is 0 Å². The molecule has 0 spiro atoms. The molecule has 26 heavy (non-hydrogen) atoms. The fourth-order valence-corrected chi connectivity index (χ4v) is 3.16. The minimum atomic E-state index is -0.670. The largest absolute Gasteiger partial charge is 0.341 e. The first-order valence-corrected chi connectivity index (χ1v) is 8.69. The summed E-state index contributed by atoms with van der Waals surface area (Å²) in [5.74, 6) is -0.792. The Morgan fingerprint density at radius 2 is 1.96 bits per heavy atom. The summed E-state index contributed by atoms with van der Waals surface area (Å²) in [5, 5.41) is 5.99. The van der Waals surface area contributed by atoms with Gasteiger partial charge in [-0.3, -0.25) is 9.59 Å². The van der Waals surface area contributed by atoms with Crippen molar-refractivity contribution in [3.05, 3.63) is 71.5 Å². The van der Waals surface area contributed by atoms with E-state index < -0.39 is 6.04 Å². The number of benzene rings is 2. The summed E-state index contributed by atoms with van der Waals surface area (Å²) in [6.07, 6.45) is 0. The van der Waals surface area contributed by atoms with Crippen molar-refractivity contribution in [2.24, 2.45) is 0 Å². The predicted molar refractivity (Wildman–Crippen MR) is 97.1 cm³/mol. The number of halogens is 1. The topological polar surface area (TPSA) is 61.4 Å². The lowest BCUT2D eigenvalue weighted by atomic mass is 10.0. The molecule has 5 nitrogen and oxygen atoms in total. The third kappa shape index (κ3) is 4.08. The number of amides is 2. The SMILES string of the molecule is CC(NC(=O)c1ccccc1)C(=O)N1CCNCC1c1cccc(F)c1. The normalized spacial score (nSPS) is 18.2. The van der Waals surface area contributed by atoms with E-state index >= 15 is 0 Å². The van der Waals surface area contributed by atoms with Crippen LogP contribution in [0.4, 0.5) is 4.39 Å². The monoisotopic (exact) mass is 355 g/mol. The minimum Gasteiger partial charge on any atom is -0.341 e. The first-order chi connectivity index (χ1) is 12.6. The second kappa shape index (κ2) is 8.10. The Hall–Kier alpha value is -2.73. The minimum absolute atomic E-state index is 0.176. The summed E-state index contributed by atoms with van der Waals surface area (Å²) in [5.41, 5.74) is 1.25. The van der Waals surface area contributed by atoms with E-state index in [1.54, 1.807) is 42.2 Å². The van der Waals surface area contributed by atoms with E-state index in [-0.39, 0.29) is 23.7 Å². The summed E-state index contributed by atoms with van der Waals surface area (Å²) in [6, 6.07) is 14.1. The summed E-state index contributed by atoms with van der Waals surface area (Å²) in [4.78, 5) is 26.9. The smallest absolute Gasteiger partial charge is 0.251 e. The molecular weight excluding hydrogens is 333 g/mol. The highest BCUT2D eigenvalue weighted by Crippen LogP contribution is 2.23. The Kier molecular flexibility index (Phi) is 5.63. The second-order valence-corrected chi connectivity index (χ2v) is 6.37. The van der Waals surface area contributed by atoms with Crippen LogP contribution in [-0.4, -0.2) is 42.4 Å². The lowest BCUT2D eigenvalue weighted by molar-refractivity contribution is -0.136. The molecule has 2 amide bonds. The van der Waals surface area contributed by atoms with Crippen molar-refractivity contribution >= 4 is 11.8 Å². The van der Waals surface area contributed by atoms with Crippen molar-refractivity contribution in [3.8, 4) is 0 Å². The van der Waals surface area contributed by atoms with Crippen molar-refractivity contribution < 1.29 is 14.0 Å². The molecular formula is C20H22FN3O2. The van der Waals surface area contributed by atoms with Crippen LogP contribution in [0.3, 0.4) is 0 Å². The highest BCUT2D eigenvalue weighted by atomic mass is 19.1. The van der Waals surface area contributed by atoms with Crippen LogP contribution >= 0.6 is 0 Å². The number of nitrogens with zero attached hydrogens (tertiary/aromatic N) is 1. The molecule has 0 radical (unpaired) electrons. The Morgan fingerprint density at radius 1 is 1.19 bits per heavy atom. The van der Waals surface area contributed by atoms with Gasteiger partial charge in [0.05, 0.1) is 6.04 Å². The van der Waals surface area contributed by atoms with Crippen LogP contribution in [0.2, 0.25) is 0 Å². The number of nitrogens with one attached hydrogen (secondary N) is 2. The number of hydrogen-bond acceptors (Lipinski definition) is 3. The van der Waals surface area contributed by atoms with Crippen LogP contribution < -0.4 is 10.6 Å². The number of carbonyl (C=O) groups excluding carboxylic acids is 2. The molecule has 1 heterocycles. The number of rotatable bonds is 4. The van der Waals surface area contributed by atoms with Gasteiger partial charge in [-0.1, -0.05) is 30.3 Å². The average molecular weight is 355 g/mol. The van der Waals surface area contributed by atoms with Gasteiger partial charge in [-0.05, 0) is 36.8 Å². The molecule has 2 aromatic rings. The molecule has 0 bridgehead atoms. The van der Waals surface area contributed by atoms with E-state index in [1.807, 2.05) is 12.1 Å². The third-order valence-electron chi connectivity index (χ3n) is 4.51. The van der Waals surface area contributed by atoms with Gasteiger partial charge in [0.25, 0.3) is 5.91 Å². The molecule has 0 aromatic heterocycles. The molecule has 2 unspecified atom stereocenters. The molecule has 1 saturated heterocycles. The van der Waals surface area contributed by atoms with E-state index in [1.165, 1.54) is 12.1 Å². The fraction of sp³-hybridized carbons (Fsp3) is 0.300. The highest BCUT2D eigenvalue weighted by molar-refractivity contribution is 5.97. The van der Waals surface area contributed by atoms with Crippen LogP contribution in [0.5, 0.6) is 0 Å². The maximum Gasteiger partial charge on any atom is 0.251 e. The molecule has 2 atom stereocenters. The van der Waals surface area contributed by atoms with E-state index in [0.717, 1.165) is 5.56 Å². The zero-order chi connectivity index (χ0) is 18.5. The molecule has 136 valence electrons. The molecule has 3 rings (SSSR count). The van der Waals surface area contributed by atoms with Crippen LogP contribution in [0, 0.1) is 5.82 Å². The Labute approximate surface area is 152 Å². The van der Waals surface area contributed by atoms with Crippen LogP contribution in [0.25, 0.3) is 0 Å². The molecule has 2 aromatic carbocycles. The van der Waals surface area contributed by atoms with Gasteiger partial charge >= 0.3 is 0 Å². The van der Waals surface area contributed by atoms with Crippen molar-refractivity contribution in [1.29, 1.82) is 0 Å². The molecule has 1 aliphatic heterocycles. The van der Waals surface area contributed by atoms with Gasteiger partial charge in [-0.15, -0.1) is 0 Å². The summed E-state index contributed by atoms with van der Waals surface area (Å²) >= 11 is 0. The first kappa shape index (κ1) is 18.1. The van der Waals surface area contributed by atoms with Gasteiger partial charge in [0.2, 0.25) is 5.91 Å². The predicted octanol–water partition coefficient (Wildman–Crippen LogP) is 2.12. The van der Waals surface area contributed by atoms with Gasteiger partial charge < -0.3 is 15.5 Å².